The minimum atomic E-state index is -1.02. The van der Waals surface area contributed by atoms with Crippen LogP contribution in [0.3, 0.4) is 0 Å². The summed E-state index contributed by atoms with van der Waals surface area (Å²) in [7, 11) is 0. The van der Waals surface area contributed by atoms with Crippen molar-refractivity contribution in [1.82, 2.24) is 14.4 Å². The van der Waals surface area contributed by atoms with Crippen LogP contribution in [0.5, 0.6) is 0 Å². The number of fused-ring (bicyclic) bond motifs is 1. The van der Waals surface area contributed by atoms with Crippen LogP contribution in [0.1, 0.15) is 37.8 Å². The molecular formula is C29H30F2N8O. The van der Waals surface area contributed by atoms with Crippen LogP contribution in [-0.4, -0.2) is 57.0 Å². The number of aliphatic hydroxyl groups is 1. The second kappa shape index (κ2) is 10.6. The average Bonchev–Trinajstić information content (AvgIpc) is 3.29. The molecule has 11 heteroatoms. The van der Waals surface area contributed by atoms with Gasteiger partial charge in [0.2, 0.25) is 0 Å². The Bertz CT molecular complexity index is 1650. The molecule has 9 nitrogen and oxygen atoms in total. The van der Waals surface area contributed by atoms with Gasteiger partial charge in [-0.15, -0.1) is 0 Å². The SMILES string of the molecule is CC(C)(O)CN=Cc1cc(-c2c(-c3ccc(C#N)c(F)c3)nc3c(N4CCCC(N)C4)nccn23)c(F)cc1N. The Morgan fingerprint density at radius 1 is 1.25 bits per heavy atom. The zero-order chi connectivity index (χ0) is 28.6. The molecule has 1 fully saturated rings. The molecule has 1 saturated heterocycles. The van der Waals surface area contributed by atoms with Crippen LogP contribution >= 0.6 is 0 Å². The fourth-order valence-corrected chi connectivity index (χ4v) is 4.87. The Balaban J connectivity index is 1.75. The zero-order valence-corrected chi connectivity index (χ0v) is 22.3. The molecule has 0 radical (unpaired) electrons. The van der Waals surface area contributed by atoms with E-state index in [1.807, 2.05) is 6.07 Å². The molecule has 2 aromatic carbocycles. The quantitative estimate of drug-likeness (QED) is 0.247. The first-order chi connectivity index (χ1) is 19.1. The summed E-state index contributed by atoms with van der Waals surface area (Å²) in [5.41, 5.74) is 13.5. The molecule has 0 amide bonds. The third kappa shape index (κ3) is 5.36. The minimum absolute atomic E-state index is 0.0161. The molecule has 1 unspecified atom stereocenters. The minimum Gasteiger partial charge on any atom is -0.398 e. The van der Waals surface area contributed by atoms with Gasteiger partial charge >= 0.3 is 0 Å². The Labute approximate surface area is 230 Å². The average molecular weight is 545 g/mol. The predicted molar refractivity (Wildman–Crippen MR) is 151 cm³/mol. The number of aromatic nitrogens is 3. The van der Waals surface area contributed by atoms with Gasteiger partial charge in [-0.05, 0) is 51.0 Å². The van der Waals surface area contributed by atoms with Crippen molar-refractivity contribution in [3.8, 4) is 28.6 Å². The molecule has 5 N–H and O–H groups in total. The van der Waals surface area contributed by atoms with Gasteiger partial charge in [0.05, 0.1) is 29.1 Å². The molecule has 0 bridgehead atoms. The maximum Gasteiger partial charge on any atom is 0.181 e. The molecule has 5 rings (SSSR count). The number of piperidine rings is 1. The second-order valence-electron chi connectivity index (χ2n) is 10.7. The number of benzene rings is 2. The third-order valence-corrected chi connectivity index (χ3v) is 6.78. The van der Waals surface area contributed by atoms with Gasteiger partial charge in [-0.25, -0.2) is 18.7 Å². The lowest BCUT2D eigenvalue weighted by Gasteiger charge is -2.31. The van der Waals surface area contributed by atoms with E-state index in [1.165, 1.54) is 24.4 Å². The number of imidazole rings is 1. The summed E-state index contributed by atoms with van der Waals surface area (Å²) in [4.78, 5) is 15.8. The highest BCUT2D eigenvalue weighted by molar-refractivity contribution is 5.92. The molecule has 206 valence electrons. The zero-order valence-electron chi connectivity index (χ0n) is 22.3. The summed E-state index contributed by atoms with van der Waals surface area (Å²) in [6, 6.07) is 8.73. The number of nitriles is 1. The molecule has 1 aliphatic heterocycles. The van der Waals surface area contributed by atoms with Crippen LogP contribution in [0.4, 0.5) is 20.3 Å². The summed E-state index contributed by atoms with van der Waals surface area (Å²) < 4.78 is 32.1. The Hall–Kier alpha value is -4.40. The van der Waals surface area contributed by atoms with Crippen LogP contribution in [0.2, 0.25) is 0 Å². The van der Waals surface area contributed by atoms with Crippen LogP contribution in [0.25, 0.3) is 28.2 Å². The molecule has 0 spiro atoms. The summed E-state index contributed by atoms with van der Waals surface area (Å²) in [6.07, 6.45) is 6.57. The number of nitrogens with two attached hydrogens (primary N) is 2. The fourth-order valence-electron chi connectivity index (χ4n) is 4.87. The van der Waals surface area contributed by atoms with E-state index in [2.05, 4.69) is 14.9 Å². The summed E-state index contributed by atoms with van der Waals surface area (Å²) in [5.74, 6) is -0.727. The van der Waals surface area contributed by atoms with Crippen LogP contribution in [0.15, 0.2) is 47.7 Å². The van der Waals surface area contributed by atoms with Crippen molar-refractivity contribution in [3.63, 3.8) is 0 Å². The molecule has 3 heterocycles. The van der Waals surface area contributed by atoms with Crippen molar-refractivity contribution in [2.45, 2.75) is 38.3 Å². The first-order valence-electron chi connectivity index (χ1n) is 12.9. The summed E-state index contributed by atoms with van der Waals surface area (Å²) in [6.45, 7) is 4.71. The lowest BCUT2D eigenvalue weighted by Crippen LogP contribution is -2.43. The lowest BCUT2D eigenvalue weighted by atomic mass is 10.0. The molecular weight excluding hydrogens is 514 g/mol. The molecule has 0 saturated carbocycles. The maximum absolute atomic E-state index is 15.7. The van der Waals surface area contributed by atoms with Crippen molar-refractivity contribution in [2.24, 2.45) is 10.7 Å². The van der Waals surface area contributed by atoms with Gasteiger partial charge in [0.15, 0.2) is 11.5 Å². The van der Waals surface area contributed by atoms with E-state index in [0.717, 1.165) is 19.4 Å². The topological polar surface area (TPSA) is 142 Å². The number of halogens is 2. The van der Waals surface area contributed by atoms with E-state index >= 15 is 4.39 Å². The standard InChI is InChI=1S/C29H30F2N8O/c1-29(2,40)16-35-14-19-10-21(23(31)12-24(19)34)26-25(17-5-6-18(13-32)22(30)11-17)37-28-27(36-7-9-39(26)28)38-8-3-4-20(33)15-38/h5-7,9-12,14,20,40H,3-4,8,15-16,33-34H2,1-2H3. The number of hydrogen-bond donors (Lipinski definition) is 3. The largest absolute Gasteiger partial charge is 0.398 e. The number of hydrogen-bond acceptors (Lipinski definition) is 8. The molecule has 4 aromatic rings. The van der Waals surface area contributed by atoms with Crippen LogP contribution in [-0.2, 0) is 0 Å². The van der Waals surface area contributed by atoms with Crippen molar-refractivity contribution in [1.29, 1.82) is 5.26 Å². The highest BCUT2D eigenvalue weighted by Crippen LogP contribution is 2.38. The fraction of sp³-hybridized carbons (Fsp3) is 0.310. The number of nitrogens with zero attached hydrogens (tertiary/aromatic N) is 6. The molecule has 2 aromatic heterocycles. The van der Waals surface area contributed by atoms with Crippen molar-refractivity contribution < 1.29 is 13.9 Å². The van der Waals surface area contributed by atoms with Crippen molar-refractivity contribution in [2.75, 3.05) is 30.3 Å². The van der Waals surface area contributed by atoms with Gasteiger partial charge in [-0.1, -0.05) is 6.07 Å². The smallest absolute Gasteiger partial charge is 0.181 e. The third-order valence-electron chi connectivity index (χ3n) is 6.78. The second-order valence-corrected chi connectivity index (χ2v) is 10.7. The lowest BCUT2D eigenvalue weighted by molar-refractivity contribution is 0.0906. The van der Waals surface area contributed by atoms with Crippen LogP contribution < -0.4 is 16.4 Å². The van der Waals surface area contributed by atoms with Gasteiger partial charge in [-0.2, -0.15) is 5.26 Å². The van der Waals surface area contributed by atoms with Gasteiger partial charge in [0, 0.05) is 60.1 Å². The first kappa shape index (κ1) is 27.2. The van der Waals surface area contributed by atoms with E-state index in [1.54, 1.807) is 42.8 Å². The van der Waals surface area contributed by atoms with Gasteiger partial charge in [0.1, 0.15) is 17.7 Å². The predicted octanol–water partition coefficient (Wildman–Crippen LogP) is 3.91. The highest BCUT2D eigenvalue weighted by Gasteiger charge is 2.26. The monoisotopic (exact) mass is 544 g/mol. The Morgan fingerprint density at radius 2 is 2.05 bits per heavy atom. The van der Waals surface area contributed by atoms with E-state index < -0.39 is 17.2 Å². The Kier molecular flexibility index (Phi) is 7.23. The number of nitrogen functional groups attached to an aromatic ring is 1. The molecule has 40 heavy (non-hydrogen) atoms. The Morgan fingerprint density at radius 3 is 2.75 bits per heavy atom. The van der Waals surface area contributed by atoms with E-state index in [4.69, 9.17) is 16.5 Å². The van der Waals surface area contributed by atoms with Gasteiger partial charge in [-0.3, -0.25) is 9.39 Å². The molecule has 0 aliphatic carbocycles. The molecule has 1 atom stereocenters. The van der Waals surface area contributed by atoms with E-state index in [9.17, 15) is 14.8 Å². The number of rotatable bonds is 6. The normalized spacial score (nSPS) is 16.1. The van der Waals surface area contributed by atoms with Gasteiger partial charge in [0.25, 0.3) is 0 Å². The number of aliphatic imine (C=N–C) groups is 1. The van der Waals surface area contributed by atoms with Crippen molar-refractivity contribution >= 4 is 23.4 Å². The summed E-state index contributed by atoms with van der Waals surface area (Å²) in [5, 5.41) is 19.2. The van der Waals surface area contributed by atoms with Crippen LogP contribution in [0, 0.1) is 23.0 Å². The van der Waals surface area contributed by atoms with E-state index in [-0.39, 0.29) is 29.4 Å². The first-order valence-corrected chi connectivity index (χ1v) is 12.9. The van der Waals surface area contributed by atoms with Gasteiger partial charge < -0.3 is 21.5 Å². The number of anilines is 2. The highest BCUT2D eigenvalue weighted by atomic mass is 19.1. The maximum atomic E-state index is 15.7. The van der Waals surface area contributed by atoms with E-state index in [0.29, 0.717) is 40.5 Å². The molecule has 1 aliphatic rings. The van der Waals surface area contributed by atoms with Crippen molar-refractivity contribution in [3.05, 3.63) is 65.5 Å². The summed E-state index contributed by atoms with van der Waals surface area (Å²) >= 11 is 0.